The third-order valence-electron chi connectivity index (χ3n) is 5.46. The highest BCUT2D eigenvalue weighted by molar-refractivity contribution is 5.87. The first-order chi connectivity index (χ1) is 11.7. The van der Waals surface area contributed by atoms with Crippen molar-refractivity contribution in [2.24, 2.45) is 5.41 Å². The quantitative estimate of drug-likeness (QED) is 0.791. The Labute approximate surface area is 142 Å². The number of aromatic nitrogens is 4. The van der Waals surface area contributed by atoms with E-state index in [2.05, 4.69) is 46.1 Å². The summed E-state index contributed by atoms with van der Waals surface area (Å²) in [6, 6.07) is 10.1. The highest BCUT2D eigenvalue weighted by Gasteiger charge is 2.29. The lowest BCUT2D eigenvalue weighted by Crippen LogP contribution is -2.38. The Morgan fingerprint density at radius 2 is 1.92 bits per heavy atom. The van der Waals surface area contributed by atoms with Gasteiger partial charge in [-0.15, -0.1) is 0 Å². The molecule has 1 aliphatic heterocycles. The van der Waals surface area contributed by atoms with Gasteiger partial charge in [0.15, 0.2) is 0 Å². The Balaban J connectivity index is 1.61. The number of fused-ring (bicyclic) bond motifs is 1. The molecule has 5 nitrogen and oxygen atoms in total. The molecule has 0 amide bonds. The van der Waals surface area contributed by atoms with Gasteiger partial charge in [-0.25, -0.2) is 9.97 Å². The highest BCUT2D eigenvalue weighted by Crippen LogP contribution is 2.35. The van der Waals surface area contributed by atoms with Gasteiger partial charge in [-0.2, -0.15) is 5.10 Å². The highest BCUT2D eigenvalue weighted by atomic mass is 15.2. The normalized spacial score (nSPS) is 17.3. The van der Waals surface area contributed by atoms with E-state index in [0.717, 1.165) is 35.7 Å². The maximum absolute atomic E-state index is 4.74. The molecule has 5 heteroatoms. The summed E-state index contributed by atoms with van der Waals surface area (Å²) in [5, 5.41) is 7.46. The van der Waals surface area contributed by atoms with Crippen LogP contribution in [-0.4, -0.2) is 33.3 Å². The van der Waals surface area contributed by atoms with E-state index in [-0.39, 0.29) is 0 Å². The minimum atomic E-state index is 0.473. The van der Waals surface area contributed by atoms with Gasteiger partial charge in [0.25, 0.3) is 0 Å². The van der Waals surface area contributed by atoms with Crippen LogP contribution in [0.15, 0.2) is 36.5 Å². The molecule has 0 spiro atoms. The molecule has 1 aromatic carbocycles. The first-order valence-corrected chi connectivity index (χ1v) is 8.70. The van der Waals surface area contributed by atoms with Gasteiger partial charge in [0.05, 0.1) is 11.9 Å². The second-order valence-corrected chi connectivity index (χ2v) is 7.02. The first kappa shape index (κ1) is 15.1. The van der Waals surface area contributed by atoms with Crippen LogP contribution in [0.2, 0.25) is 0 Å². The van der Waals surface area contributed by atoms with E-state index in [1.165, 1.54) is 19.3 Å². The SMILES string of the molecule is CCC1(C)CCN(c2cnc3c(-c4ccccc4)[nH]nc3n2)CC1. The Bertz CT molecular complexity index is 831. The molecule has 0 unspecified atom stereocenters. The van der Waals surface area contributed by atoms with Gasteiger partial charge in [0.2, 0.25) is 5.65 Å². The Kier molecular flexibility index (Phi) is 3.71. The number of hydrogen-bond donors (Lipinski definition) is 1. The van der Waals surface area contributed by atoms with Gasteiger partial charge < -0.3 is 4.90 Å². The van der Waals surface area contributed by atoms with Crippen LogP contribution in [-0.2, 0) is 0 Å². The van der Waals surface area contributed by atoms with Crippen molar-refractivity contribution in [2.45, 2.75) is 33.1 Å². The summed E-state index contributed by atoms with van der Waals surface area (Å²) in [4.78, 5) is 11.7. The van der Waals surface area contributed by atoms with Crippen molar-refractivity contribution < 1.29 is 0 Å². The average molecular weight is 321 g/mol. The molecule has 2 aromatic heterocycles. The van der Waals surface area contributed by atoms with E-state index in [1.807, 2.05) is 24.4 Å². The zero-order valence-electron chi connectivity index (χ0n) is 14.3. The third kappa shape index (κ3) is 2.64. The monoisotopic (exact) mass is 321 g/mol. The number of anilines is 1. The molecular formula is C19H23N5. The first-order valence-electron chi connectivity index (χ1n) is 8.70. The van der Waals surface area contributed by atoms with Crippen molar-refractivity contribution in [3.8, 4) is 11.3 Å². The van der Waals surface area contributed by atoms with E-state index in [1.54, 1.807) is 0 Å². The summed E-state index contributed by atoms with van der Waals surface area (Å²) >= 11 is 0. The average Bonchev–Trinajstić information content (AvgIpc) is 3.06. The molecule has 24 heavy (non-hydrogen) atoms. The second kappa shape index (κ2) is 5.89. The minimum Gasteiger partial charge on any atom is -0.355 e. The van der Waals surface area contributed by atoms with Gasteiger partial charge in [-0.05, 0) is 18.3 Å². The molecule has 0 saturated carbocycles. The van der Waals surface area contributed by atoms with E-state index in [4.69, 9.17) is 4.98 Å². The summed E-state index contributed by atoms with van der Waals surface area (Å²) in [5.74, 6) is 0.937. The van der Waals surface area contributed by atoms with Gasteiger partial charge >= 0.3 is 0 Å². The Morgan fingerprint density at radius 3 is 2.62 bits per heavy atom. The fourth-order valence-electron chi connectivity index (χ4n) is 3.37. The molecular weight excluding hydrogens is 298 g/mol. The smallest absolute Gasteiger partial charge is 0.202 e. The fourth-order valence-corrected chi connectivity index (χ4v) is 3.37. The molecule has 124 valence electrons. The Hall–Kier alpha value is -2.43. The van der Waals surface area contributed by atoms with Gasteiger partial charge in [-0.1, -0.05) is 50.6 Å². The summed E-state index contributed by atoms with van der Waals surface area (Å²) in [5.41, 5.74) is 4.01. The zero-order valence-corrected chi connectivity index (χ0v) is 14.3. The number of H-pyrrole nitrogens is 1. The van der Waals surface area contributed by atoms with Crippen LogP contribution in [0.4, 0.5) is 5.82 Å². The molecule has 3 heterocycles. The van der Waals surface area contributed by atoms with Crippen LogP contribution in [0.1, 0.15) is 33.1 Å². The minimum absolute atomic E-state index is 0.473. The number of nitrogens with zero attached hydrogens (tertiary/aromatic N) is 4. The number of benzene rings is 1. The molecule has 1 N–H and O–H groups in total. The lowest BCUT2D eigenvalue weighted by molar-refractivity contribution is 0.238. The predicted molar refractivity (Wildman–Crippen MR) is 97.0 cm³/mol. The number of nitrogens with one attached hydrogen (secondary N) is 1. The topological polar surface area (TPSA) is 57.7 Å². The largest absolute Gasteiger partial charge is 0.355 e. The van der Waals surface area contributed by atoms with Crippen molar-refractivity contribution in [3.63, 3.8) is 0 Å². The third-order valence-corrected chi connectivity index (χ3v) is 5.46. The number of aromatic amines is 1. The molecule has 4 rings (SSSR count). The van der Waals surface area contributed by atoms with Crippen LogP contribution in [0.25, 0.3) is 22.4 Å². The number of hydrogen-bond acceptors (Lipinski definition) is 4. The maximum atomic E-state index is 4.74. The van der Waals surface area contributed by atoms with Crippen LogP contribution < -0.4 is 4.90 Å². The molecule has 1 aliphatic rings. The summed E-state index contributed by atoms with van der Waals surface area (Å²) in [6.45, 7) is 6.76. The van der Waals surface area contributed by atoms with Gasteiger partial charge in [-0.3, -0.25) is 5.10 Å². The van der Waals surface area contributed by atoms with E-state index in [0.29, 0.717) is 11.1 Å². The summed E-state index contributed by atoms with van der Waals surface area (Å²) in [7, 11) is 0. The Morgan fingerprint density at radius 1 is 1.17 bits per heavy atom. The van der Waals surface area contributed by atoms with E-state index in [9.17, 15) is 0 Å². The molecule has 1 fully saturated rings. The number of piperidine rings is 1. The lowest BCUT2D eigenvalue weighted by Gasteiger charge is -2.39. The fraction of sp³-hybridized carbons (Fsp3) is 0.421. The van der Waals surface area contributed by atoms with Crippen molar-refractivity contribution in [2.75, 3.05) is 18.0 Å². The molecule has 3 aromatic rings. The molecule has 0 atom stereocenters. The van der Waals surface area contributed by atoms with Crippen molar-refractivity contribution in [3.05, 3.63) is 36.5 Å². The van der Waals surface area contributed by atoms with Crippen molar-refractivity contribution in [1.82, 2.24) is 20.2 Å². The second-order valence-electron chi connectivity index (χ2n) is 7.02. The summed E-state index contributed by atoms with van der Waals surface area (Å²) < 4.78 is 0. The maximum Gasteiger partial charge on any atom is 0.202 e. The standard InChI is InChI=1S/C19H23N5/c1-3-19(2)9-11-24(12-10-19)15-13-20-17-16(22-23-18(17)21-15)14-7-5-4-6-8-14/h4-8,13H,3,9-12H2,1-2H3,(H,21,22,23). The van der Waals surface area contributed by atoms with E-state index < -0.39 is 0 Å². The van der Waals surface area contributed by atoms with Gasteiger partial charge in [0.1, 0.15) is 11.3 Å². The lowest BCUT2D eigenvalue weighted by atomic mass is 9.78. The molecule has 0 bridgehead atoms. The zero-order chi connectivity index (χ0) is 16.6. The number of rotatable bonds is 3. The van der Waals surface area contributed by atoms with Crippen LogP contribution in [0, 0.1) is 5.41 Å². The van der Waals surface area contributed by atoms with Crippen LogP contribution in [0.3, 0.4) is 0 Å². The van der Waals surface area contributed by atoms with Gasteiger partial charge in [0, 0.05) is 18.7 Å². The molecule has 0 radical (unpaired) electrons. The molecule has 1 saturated heterocycles. The van der Waals surface area contributed by atoms with Crippen molar-refractivity contribution >= 4 is 17.0 Å². The van der Waals surface area contributed by atoms with Crippen molar-refractivity contribution in [1.29, 1.82) is 0 Å². The summed E-state index contributed by atoms with van der Waals surface area (Å²) in [6.07, 6.45) is 5.54. The van der Waals surface area contributed by atoms with Crippen LogP contribution >= 0.6 is 0 Å². The van der Waals surface area contributed by atoms with Crippen LogP contribution in [0.5, 0.6) is 0 Å². The predicted octanol–water partition coefficient (Wildman–Crippen LogP) is 4.04. The molecule has 0 aliphatic carbocycles. The van der Waals surface area contributed by atoms with E-state index >= 15 is 0 Å².